The van der Waals surface area contributed by atoms with E-state index >= 15 is 0 Å². The van der Waals surface area contributed by atoms with Gasteiger partial charge in [-0.15, -0.1) is 0 Å². The van der Waals surface area contributed by atoms with E-state index in [1.807, 2.05) is 0 Å². The molecule has 1 fully saturated rings. The van der Waals surface area contributed by atoms with Crippen molar-refractivity contribution in [2.45, 2.75) is 6.54 Å². The fourth-order valence-electron chi connectivity index (χ4n) is 2.56. The van der Waals surface area contributed by atoms with E-state index in [0.29, 0.717) is 6.54 Å². The van der Waals surface area contributed by atoms with Crippen LogP contribution in [0.15, 0.2) is 48.5 Å². The number of nitrogens with two attached hydrogens (primary N) is 1. The zero-order chi connectivity index (χ0) is 13.8. The average Bonchev–Trinajstić information content (AvgIpc) is 2.56. The van der Waals surface area contributed by atoms with Gasteiger partial charge in [-0.2, -0.15) is 0 Å². The highest BCUT2D eigenvalue weighted by atomic mass is 16.5. The van der Waals surface area contributed by atoms with E-state index < -0.39 is 0 Å². The van der Waals surface area contributed by atoms with Gasteiger partial charge in [0.15, 0.2) is 0 Å². The van der Waals surface area contributed by atoms with E-state index in [-0.39, 0.29) is 0 Å². The van der Waals surface area contributed by atoms with Crippen LogP contribution in [-0.2, 0) is 11.3 Å². The number of hydrogen-bond acceptors (Lipinski definition) is 3. The predicted octanol–water partition coefficient (Wildman–Crippen LogP) is 2.65. The summed E-state index contributed by atoms with van der Waals surface area (Å²) in [7, 11) is 0. The summed E-state index contributed by atoms with van der Waals surface area (Å²) < 4.78 is 5.39. The minimum atomic E-state index is 0.583. The molecular weight excluding hydrogens is 248 g/mol. The van der Waals surface area contributed by atoms with Gasteiger partial charge in [0.05, 0.1) is 13.2 Å². The van der Waals surface area contributed by atoms with Gasteiger partial charge >= 0.3 is 0 Å². The van der Waals surface area contributed by atoms with Crippen molar-refractivity contribution in [1.29, 1.82) is 0 Å². The van der Waals surface area contributed by atoms with Gasteiger partial charge in [-0.3, -0.25) is 0 Å². The van der Waals surface area contributed by atoms with Crippen molar-refractivity contribution in [2.75, 3.05) is 31.2 Å². The number of hydrogen-bond donors (Lipinski definition) is 1. The lowest BCUT2D eigenvalue weighted by molar-refractivity contribution is 0.122. The molecular formula is C17H20N2O. The molecule has 0 saturated carbocycles. The molecule has 3 nitrogen and oxygen atoms in total. The molecule has 1 aliphatic rings. The maximum absolute atomic E-state index is 5.70. The van der Waals surface area contributed by atoms with Crippen molar-refractivity contribution in [3.8, 4) is 11.1 Å². The molecule has 2 aromatic carbocycles. The van der Waals surface area contributed by atoms with Crippen molar-refractivity contribution >= 4 is 5.69 Å². The van der Waals surface area contributed by atoms with Crippen LogP contribution >= 0.6 is 0 Å². The Hall–Kier alpha value is -1.84. The fourth-order valence-corrected chi connectivity index (χ4v) is 2.56. The highest BCUT2D eigenvalue weighted by Gasteiger charge is 2.10. The summed E-state index contributed by atoms with van der Waals surface area (Å²) in [6.45, 7) is 4.17. The molecule has 0 radical (unpaired) electrons. The van der Waals surface area contributed by atoms with Gasteiger partial charge < -0.3 is 15.4 Å². The zero-order valence-corrected chi connectivity index (χ0v) is 11.6. The number of anilines is 1. The molecule has 1 heterocycles. The van der Waals surface area contributed by atoms with Gasteiger partial charge in [-0.1, -0.05) is 30.3 Å². The first-order valence-corrected chi connectivity index (χ1v) is 7.09. The van der Waals surface area contributed by atoms with Crippen molar-refractivity contribution in [1.82, 2.24) is 0 Å². The average molecular weight is 268 g/mol. The van der Waals surface area contributed by atoms with Crippen LogP contribution < -0.4 is 10.6 Å². The lowest BCUT2D eigenvalue weighted by Crippen LogP contribution is -2.36. The second-order valence-electron chi connectivity index (χ2n) is 5.05. The Morgan fingerprint density at radius 1 is 0.950 bits per heavy atom. The van der Waals surface area contributed by atoms with Gasteiger partial charge in [-0.25, -0.2) is 0 Å². The molecule has 0 unspecified atom stereocenters. The number of ether oxygens (including phenoxy) is 1. The SMILES string of the molecule is NCc1cccc(-c2ccc(N3CCOCC3)cc2)c1. The molecule has 0 aliphatic carbocycles. The third-order valence-electron chi connectivity index (χ3n) is 3.74. The van der Waals surface area contributed by atoms with E-state index in [1.165, 1.54) is 22.4 Å². The first-order chi connectivity index (χ1) is 9.86. The van der Waals surface area contributed by atoms with Crippen LogP contribution in [0.5, 0.6) is 0 Å². The largest absolute Gasteiger partial charge is 0.378 e. The Labute approximate surface area is 120 Å². The van der Waals surface area contributed by atoms with Gasteiger partial charge in [0.2, 0.25) is 0 Å². The minimum Gasteiger partial charge on any atom is -0.378 e. The normalized spacial score (nSPS) is 15.3. The van der Waals surface area contributed by atoms with E-state index in [4.69, 9.17) is 10.5 Å². The Bertz CT molecular complexity index is 559. The van der Waals surface area contributed by atoms with Crippen LogP contribution in [0.4, 0.5) is 5.69 Å². The highest BCUT2D eigenvalue weighted by Crippen LogP contribution is 2.24. The van der Waals surface area contributed by atoms with Gasteiger partial charge in [0.1, 0.15) is 0 Å². The number of rotatable bonds is 3. The van der Waals surface area contributed by atoms with Gasteiger partial charge in [-0.05, 0) is 34.9 Å². The van der Waals surface area contributed by atoms with Crippen molar-refractivity contribution < 1.29 is 4.74 Å². The molecule has 0 aromatic heterocycles. The summed E-state index contributed by atoms with van der Waals surface area (Å²) >= 11 is 0. The lowest BCUT2D eigenvalue weighted by Gasteiger charge is -2.28. The molecule has 0 amide bonds. The van der Waals surface area contributed by atoms with Crippen LogP contribution in [0, 0.1) is 0 Å². The number of benzene rings is 2. The highest BCUT2D eigenvalue weighted by molar-refractivity contribution is 5.67. The first kappa shape index (κ1) is 13.2. The molecule has 0 spiro atoms. The Morgan fingerprint density at radius 2 is 1.70 bits per heavy atom. The molecule has 2 aromatic rings. The summed E-state index contributed by atoms with van der Waals surface area (Å²) in [5.74, 6) is 0. The monoisotopic (exact) mass is 268 g/mol. The van der Waals surface area contributed by atoms with Gasteiger partial charge in [0, 0.05) is 25.3 Å². The van der Waals surface area contributed by atoms with Crippen LogP contribution in [0.2, 0.25) is 0 Å². The molecule has 20 heavy (non-hydrogen) atoms. The van der Waals surface area contributed by atoms with Crippen LogP contribution in [0.1, 0.15) is 5.56 Å². The maximum atomic E-state index is 5.70. The quantitative estimate of drug-likeness (QED) is 0.930. The Balaban J connectivity index is 1.81. The number of morpholine rings is 1. The van der Waals surface area contributed by atoms with Crippen LogP contribution in [-0.4, -0.2) is 26.3 Å². The molecule has 0 bridgehead atoms. The summed E-state index contributed by atoms with van der Waals surface area (Å²) in [4.78, 5) is 2.36. The topological polar surface area (TPSA) is 38.5 Å². The second kappa shape index (κ2) is 6.07. The standard InChI is InChI=1S/C17H20N2O/c18-13-14-2-1-3-16(12-14)15-4-6-17(7-5-15)19-8-10-20-11-9-19/h1-7,12H,8-11,13,18H2. The van der Waals surface area contributed by atoms with Crippen molar-refractivity contribution in [3.63, 3.8) is 0 Å². The van der Waals surface area contributed by atoms with Crippen LogP contribution in [0.3, 0.4) is 0 Å². The molecule has 3 heteroatoms. The zero-order valence-electron chi connectivity index (χ0n) is 11.6. The van der Waals surface area contributed by atoms with Crippen molar-refractivity contribution in [2.24, 2.45) is 5.73 Å². The van der Waals surface area contributed by atoms with E-state index in [9.17, 15) is 0 Å². The fraction of sp³-hybridized carbons (Fsp3) is 0.294. The third-order valence-corrected chi connectivity index (χ3v) is 3.74. The summed E-state index contributed by atoms with van der Waals surface area (Å²) in [5, 5.41) is 0. The molecule has 1 saturated heterocycles. The third kappa shape index (κ3) is 2.84. The number of nitrogens with zero attached hydrogens (tertiary/aromatic N) is 1. The summed E-state index contributed by atoms with van der Waals surface area (Å²) in [5.41, 5.74) is 10.6. The van der Waals surface area contributed by atoms with Crippen LogP contribution in [0.25, 0.3) is 11.1 Å². The molecule has 104 valence electrons. The molecule has 2 N–H and O–H groups in total. The molecule has 0 atom stereocenters. The summed E-state index contributed by atoms with van der Waals surface area (Å²) in [6.07, 6.45) is 0. The first-order valence-electron chi connectivity index (χ1n) is 7.09. The predicted molar refractivity (Wildman–Crippen MR) is 82.8 cm³/mol. The lowest BCUT2D eigenvalue weighted by atomic mass is 10.0. The van der Waals surface area contributed by atoms with Gasteiger partial charge in [0.25, 0.3) is 0 Å². The smallest absolute Gasteiger partial charge is 0.0642 e. The van der Waals surface area contributed by atoms with Crippen molar-refractivity contribution in [3.05, 3.63) is 54.1 Å². The minimum absolute atomic E-state index is 0.583. The Morgan fingerprint density at radius 3 is 2.40 bits per heavy atom. The molecule has 1 aliphatic heterocycles. The second-order valence-corrected chi connectivity index (χ2v) is 5.05. The molecule has 3 rings (SSSR count). The van der Waals surface area contributed by atoms with E-state index in [2.05, 4.69) is 53.4 Å². The maximum Gasteiger partial charge on any atom is 0.0642 e. The summed E-state index contributed by atoms with van der Waals surface area (Å²) in [6, 6.07) is 17.2. The van der Waals surface area contributed by atoms with E-state index in [1.54, 1.807) is 0 Å². The van der Waals surface area contributed by atoms with E-state index in [0.717, 1.165) is 26.3 Å². The Kier molecular flexibility index (Phi) is 4.00.